The molecule has 0 aliphatic carbocycles. The average Bonchev–Trinajstić information content (AvgIpc) is 3.10. The summed E-state index contributed by atoms with van der Waals surface area (Å²) >= 11 is 1.41. The van der Waals surface area contributed by atoms with Gasteiger partial charge < -0.3 is 15.8 Å². The van der Waals surface area contributed by atoms with Gasteiger partial charge in [-0.1, -0.05) is 12.1 Å². The Bertz CT molecular complexity index is 635. The summed E-state index contributed by atoms with van der Waals surface area (Å²) in [6.07, 6.45) is 2.44. The first-order chi connectivity index (χ1) is 10.2. The second kappa shape index (κ2) is 6.24. The Morgan fingerprint density at radius 1 is 1.52 bits per heavy atom. The van der Waals surface area contributed by atoms with Gasteiger partial charge in [0.2, 0.25) is 5.91 Å². The monoisotopic (exact) mass is 303 g/mol. The third-order valence-electron chi connectivity index (χ3n) is 3.37. The van der Waals surface area contributed by atoms with E-state index in [1.807, 2.05) is 29.6 Å². The lowest BCUT2D eigenvalue weighted by molar-refractivity contribution is -0.118. The van der Waals surface area contributed by atoms with Crippen molar-refractivity contribution in [3.05, 3.63) is 29.6 Å². The zero-order valence-corrected chi connectivity index (χ0v) is 12.4. The Balaban J connectivity index is 1.63. The molecule has 0 radical (unpaired) electrons. The van der Waals surface area contributed by atoms with E-state index >= 15 is 0 Å². The minimum Gasteiger partial charge on any atom is -0.399 e. The minimum absolute atomic E-state index is 0.0459. The molecule has 1 atom stereocenters. The summed E-state index contributed by atoms with van der Waals surface area (Å²) in [5.41, 5.74) is 8.23. The highest BCUT2D eigenvalue weighted by atomic mass is 32.1. The van der Waals surface area contributed by atoms with E-state index < -0.39 is 0 Å². The molecule has 1 aliphatic rings. The zero-order valence-electron chi connectivity index (χ0n) is 11.5. The third kappa shape index (κ3) is 3.59. The van der Waals surface area contributed by atoms with Crippen LogP contribution in [0.5, 0.6) is 0 Å². The molecule has 1 aliphatic heterocycles. The second-order valence-corrected chi connectivity index (χ2v) is 5.91. The number of ether oxygens (including phenoxy) is 1. The van der Waals surface area contributed by atoms with Crippen molar-refractivity contribution in [3.8, 4) is 11.3 Å². The van der Waals surface area contributed by atoms with E-state index in [2.05, 4.69) is 10.3 Å². The van der Waals surface area contributed by atoms with Crippen LogP contribution < -0.4 is 11.1 Å². The van der Waals surface area contributed by atoms with E-state index in [1.54, 1.807) is 0 Å². The summed E-state index contributed by atoms with van der Waals surface area (Å²) in [5.74, 6) is -0.0459. The number of benzene rings is 1. The van der Waals surface area contributed by atoms with Crippen LogP contribution in [-0.2, 0) is 9.53 Å². The van der Waals surface area contributed by atoms with E-state index in [0.29, 0.717) is 17.2 Å². The molecular formula is C15H17N3O2S. The molecule has 0 spiro atoms. The van der Waals surface area contributed by atoms with Crippen molar-refractivity contribution < 1.29 is 9.53 Å². The molecule has 2 heterocycles. The molecule has 0 bridgehead atoms. The number of rotatable bonds is 4. The Labute approximate surface area is 127 Å². The first-order valence-electron chi connectivity index (χ1n) is 6.93. The average molecular weight is 303 g/mol. The van der Waals surface area contributed by atoms with Gasteiger partial charge in [-0.05, 0) is 25.0 Å². The maximum absolute atomic E-state index is 11.9. The molecule has 2 aromatic rings. The van der Waals surface area contributed by atoms with E-state index in [0.717, 1.165) is 30.7 Å². The molecule has 21 heavy (non-hydrogen) atoms. The van der Waals surface area contributed by atoms with E-state index in [4.69, 9.17) is 10.5 Å². The van der Waals surface area contributed by atoms with Crippen LogP contribution in [0.2, 0.25) is 0 Å². The number of carbonyl (C=O) groups excluding carboxylic acids is 1. The fourth-order valence-electron chi connectivity index (χ4n) is 2.34. The number of amides is 1. The Hall–Kier alpha value is -1.92. The molecule has 5 nitrogen and oxygen atoms in total. The summed E-state index contributed by atoms with van der Waals surface area (Å²) in [7, 11) is 0. The van der Waals surface area contributed by atoms with Crippen LogP contribution >= 0.6 is 11.3 Å². The topological polar surface area (TPSA) is 77.2 Å². The van der Waals surface area contributed by atoms with Gasteiger partial charge in [-0.2, -0.15) is 0 Å². The minimum atomic E-state index is -0.0459. The SMILES string of the molecule is Nc1cccc(-c2csc(NC(=O)CC3CCCO3)n2)c1. The molecule has 1 aromatic carbocycles. The molecule has 1 unspecified atom stereocenters. The summed E-state index contributed by atoms with van der Waals surface area (Å²) in [6, 6.07) is 7.54. The lowest BCUT2D eigenvalue weighted by Gasteiger charge is -2.07. The summed E-state index contributed by atoms with van der Waals surface area (Å²) in [5, 5.41) is 5.35. The van der Waals surface area contributed by atoms with Crippen molar-refractivity contribution in [2.24, 2.45) is 0 Å². The predicted molar refractivity (Wildman–Crippen MR) is 84.2 cm³/mol. The van der Waals surface area contributed by atoms with Gasteiger partial charge in [0.15, 0.2) is 5.13 Å². The van der Waals surface area contributed by atoms with Crippen LogP contribution in [0.3, 0.4) is 0 Å². The number of nitrogens with zero attached hydrogens (tertiary/aromatic N) is 1. The Morgan fingerprint density at radius 2 is 2.43 bits per heavy atom. The first-order valence-corrected chi connectivity index (χ1v) is 7.81. The number of carbonyl (C=O) groups is 1. The highest BCUT2D eigenvalue weighted by Crippen LogP contribution is 2.26. The molecule has 1 fully saturated rings. The highest BCUT2D eigenvalue weighted by Gasteiger charge is 2.19. The molecule has 1 saturated heterocycles. The van der Waals surface area contributed by atoms with Crippen molar-refractivity contribution in [3.63, 3.8) is 0 Å². The molecule has 3 rings (SSSR count). The molecule has 1 aromatic heterocycles. The van der Waals surface area contributed by atoms with Crippen LogP contribution in [0.15, 0.2) is 29.6 Å². The highest BCUT2D eigenvalue weighted by molar-refractivity contribution is 7.14. The van der Waals surface area contributed by atoms with Crippen LogP contribution in [-0.4, -0.2) is 23.6 Å². The van der Waals surface area contributed by atoms with Crippen molar-refractivity contribution in [1.82, 2.24) is 4.98 Å². The van der Waals surface area contributed by atoms with Crippen LogP contribution in [0.4, 0.5) is 10.8 Å². The largest absolute Gasteiger partial charge is 0.399 e. The molecule has 110 valence electrons. The standard InChI is InChI=1S/C15H17N3O2S/c16-11-4-1-3-10(7-11)13-9-21-15(17-13)18-14(19)8-12-5-2-6-20-12/h1,3-4,7,9,12H,2,5-6,8,16H2,(H,17,18,19). The number of nitrogen functional groups attached to an aromatic ring is 1. The number of aromatic nitrogens is 1. The van der Waals surface area contributed by atoms with Crippen molar-refractivity contribution in [2.45, 2.75) is 25.4 Å². The fourth-order valence-corrected chi connectivity index (χ4v) is 3.08. The van der Waals surface area contributed by atoms with Crippen LogP contribution in [0.25, 0.3) is 11.3 Å². The second-order valence-electron chi connectivity index (χ2n) is 5.05. The number of nitrogens with two attached hydrogens (primary N) is 1. The van der Waals surface area contributed by atoms with Gasteiger partial charge in [-0.15, -0.1) is 11.3 Å². The quantitative estimate of drug-likeness (QED) is 0.851. The van der Waals surface area contributed by atoms with Crippen LogP contribution in [0.1, 0.15) is 19.3 Å². The van der Waals surface area contributed by atoms with Gasteiger partial charge in [0.25, 0.3) is 0 Å². The van der Waals surface area contributed by atoms with Gasteiger partial charge in [0.05, 0.1) is 18.2 Å². The van der Waals surface area contributed by atoms with Gasteiger partial charge in [-0.3, -0.25) is 4.79 Å². The van der Waals surface area contributed by atoms with E-state index in [-0.39, 0.29) is 12.0 Å². The predicted octanol–water partition coefficient (Wildman–Crippen LogP) is 2.90. The lowest BCUT2D eigenvalue weighted by atomic mass is 10.1. The van der Waals surface area contributed by atoms with E-state index in [9.17, 15) is 4.79 Å². The van der Waals surface area contributed by atoms with Gasteiger partial charge in [0.1, 0.15) is 0 Å². The van der Waals surface area contributed by atoms with E-state index in [1.165, 1.54) is 11.3 Å². The molecule has 3 N–H and O–H groups in total. The molecule has 6 heteroatoms. The fraction of sp³-hybridized carbons (Fsp3) is 0.333. The number of nitrogens with one attached hydrogen (secondary N) is 1. The normalized spacial score (nSPS) is 17.8. The Kier molecular flexibility index (Phi) is 4.17. The molecule has 1 amide bonds. The summed E-state index contributed by atoms with van der Waals surface area (Å²) < 4.78 is 5.46. The smallest absolute Gasteiger partial charge is 0.228 e. The third-order valence-corrected chi connectivity index (χ3v) is 4.13. The van der Waals surface area contributed by atoms with Crippen LogP contribution in [0, 0.1) is 0 Å². The molecular weight excluding hydrogens is 286 g/mol. The van der Waals surface area contributed by atoms with Crippen molar-refractivity contribution >= 4 is 28.1 Å². The number of hydrogen-bond acceptors (Lipinski definition) is 5. The zero-order chi connectivity index (χ0) is 14.7. The number of anilines is 2. The first kappa shape index (κ1) is 14.0. The maximum Gasteiger partial charge on any atom is 0.228 e. The lowest BCUT2D eigenvalue weighted by Crippen LogP contribution is -2.19. The number of thiazole rings is 1. The van der Waals surface area contributed by atoms with Gasteiger partial charge in [0, 0.05) is 23.2 Å². The van der Waals surface area contributed by atoms with Crippen molar-refractivity contribution in [1.29, 1.82) is 0 Å². The number of hydrogen-bond donors (Lipinski definition) is 2. The van der Waals surface area contributed by atoms with Crippen molar-refractivity contribution in [2.75, 3.05) is 17.7 Å². The van der Waals surface area contributed by atoms with Gasteiger partial charge in [-0.25, -0.2) is 4.98 Å². The van der Waals surface area contributed by atoms with Gasteiger partial charge >= 0.3 is 0 Å². The maximum atomic E-state index is 11.9. The Morgan fingerprint density at radius 3 is 3.19 bits per heavy atom. The summed E-state index contributed by atoms with van der Waals surface area (Å²) in [4.78, 5) is 16.4. The molecule has 0 saturated carbocycles. The summed E-state index contributed by atoms with van der Waals surface area (Å²) in [6.45, 7) is 0.759.